The van der Waals surface area contributed by atoms with Gasteiger partial charge in [0.05, 0.1) is 11.9 Å². The van der Waals surface area contributed by atoms with Gasteiger partial charge in [0.2, 0.25) is 0 Å². The molecule has 5 heteroatoms. The van der Waals surface area contributed by atoms with Crippen LogP contribution >= 0.6 is 11.8 Å². The van der Waals surface area contributed by atoms with E-state index in [1.54, 1.807) is 23.5 Å². The standard InChI is InChI=1S/C11H18N2O2S/c1-8(2)4-5-16-7-10-9(11(14)15)6-12-13(10)3/h6,8H,4-5,7H2,1-3H3,(H,14,15). The van der Waals surface area contributed by atoms with Gasteiger partial charge in [-0.2, -0.15) is 16.9 Å². The summed E-state index contributed by atoms with van der Waals surface area (Å²) in [5, 5.41) is 12.9. The third kappa shape index (κ3) is 3.56. The monoisotopic (exact) mass is 242 g/mol. The number of aromatic carboxylic acids is 1. The van der Waals surface area contributed by atoms with E-state index in [0.717, 1.165) is 17.9 Å². The first kappa shape index (κ1) is 13.1. The summed E-state index contributed by atoms with van der Waals surface area (Å²) in [6.07, 6.45) is 2.57. The lowest BCUT2D eigenvalue weighted by Crippen LogP contribution is -2.04. The molecule has 0 aliphatic carbocycles. The molecule has 0 spiro atoms. The first-order valence-corrected chi connectivity index (χ1v) is 6.49. The van der Waals surface area contributed by atoms with Crippen molar-refractivity contribution < 1.29 is 9.90 Å². The van der Waals surface area contributed by atoms with Crippen LogP contribution in [0.3, 0.4) is 0 Å². The summed E-state index contributed by atoms with van der Waals surface area (Å²) < 4.78 is 1.64. The van der Waals surface area contributed by atoms with Crippen LogP contribution < -0.4 is 0 Å². The summed E-state index contributed by atoms with van der Waals surface area (Å²) in [5.74, 6) is 1.57. The van der Waals surface area contributed by atoms with Gasteiger partial charge in [-0.25, -0.2) is 4.79 Å². The van der Waals surface area contributed by atoms with Gasteiger partial charge in [-0.1, -0.05) is 13.8 Å². The number of hydrogen-bond donors (Lipinski definition) is 1. The van der Waals surface area contributed by atoms with Gasteiger partial charge in [-0.3, -0.25) is 4.68 Å². The summed E-state index contributed by atoms with van der Waals surface area (Å²) >= 11 is 1.76. The first-order chi connectivity index (χ1) is 7.52. The number of rotatable bonds is 6. The van der Waals surface area contributed by atoms with Crippen LogP contribution in [0.2, 0.25) is 0 Å². The molecular weight excluding hydrogens is 224 g/mol. The molecule has 16 heavy (non-hydrogen) atoms. The van der Waals surface area contributed by atoms with E-state index in [1.807, 2.05) is 0 Å². The fraction of sp³-hybridized carbons (Fsp3) is 0.636. The lowest BCUT2D eigenvalue weighted by Gasteiger charge is -2.05. The predicted octanol–water partition coefficient (Wildman–Crippen LogP) is 2.40. The smallest absolute Gasteiger partial charge is 0.339 e. The Balaban J connectivity index is 2.52. The summed E-state index contributed by atoms with van der Waals surface area (Å²) in [5.41, 5.74) is 1.11. The normalized spacial score (nSPS) is 11.0. The number of aromatic nitrogens is 2. The second-order valence-electron chi connectivity index (χ2n) is 4.17. The molecule has 90 valence electrons. The SMILES string of the molecule is CC(C)CCSCc1c(C(=O)O)cnn1C. The highest BCUT2D eigenvalue weighted by atomic mass is 32.2. The van der Waals surface area contributed by atoms with Crippen molar-refractivity contribution >= 4 is 17.7 Å². The zero-order valence-corrected chi connectivity index (χ0v) is 10.8. The quantitative estimate of drug-likeness (QED) is 0.778. The Labute approximate surface area is 100 Å². The molecule has 0 radical (unpaired) electrons. The van der Waals surface area contributed by atoms with Crippen LogP contribution in [0.5, 0.6) is 0 Å². The lowest BCUT2D eigenvalue weighted by atomic mass is 10.2. The highest BCUT2D eigenvalue weighted by molar-refractivity contribution is 7.98. The van der Waals surface area contributed by atoms with Gasteiger partial charge < -0.3 is 5.11 Å². The van der Waals surface area contributed by atoms with Crippen molar-refractivity contribution in [1.29, 1.82) is 0 Å². The molecule has 0 atom stereocenters. The van der Waals surface area contributed by atoms with Crippen molar-refractivity contribution in [1.82, 2.24) is 9.78 Å². The Kier molecular flexibility index (Phi) is 4.86. The van der Waals surface area contributed by atoms with E-state index in [1.165, 1.54) is 6.20 Å². The maximum atomic E-state index is 10.9. The lowest BCUT2D eigenvalue weighted by molar-refractivity contribution is 0.0696. The minimum absolute atomic E-state index is 0.319. The molecule has 0 aliphatic rings. The highest BCUT2D eigenvalue weighted by Gasteiger charge is 2.14. The Hall–Kier alpha value is -0.970. The Morgan fingerprint density at radius 3 is 2.88 bits per heavy atom. The summed E-state index contributed by atoms with van der Waals surface area (Å²) in [6.45, 7) is 4.38. The molecule has 0 fully saturated rings. The Bertz CT molecular complexity index is 361. The van der Waals surface area contributed by atoms with E-state index in [0.29, 0.717) is 17.2 Å². The molecule has 1 rings (SSSR count). The number of carboxylic acids is 1. The molecule has 0 unspecified atom stereocenters. The van der Waals surface area contributed by atoms with Crippen LogP contribution in [0.15, 0.2) is 6.20 Å². The van der Waals surface area contributed by atoms with Crippen LogP contribution in [0.4, 0.5) is 0 Å². The molecule has 0 saturated heterocycles. The third-order valence-corrected chi connectivity index (χ3v) is 3.37. The van der Waals surface area contributed by atoms with Crippen LogP contribution in [-0.4, -0.2) is 26.6 Å². The van der Waals surface area contributed by atoms with Crippen LogP contribution in [-0.2, 0) is 12.8 Å². The number of carbonyl (C=O) groups is 1. The van der Waals surface area contributed by atoms with Gasteiger partial charge in [0.1, 0.15) is 5.56 Å². The van der Waals surface area contributed by atoms with Gasteiger partial charge >= 0.3 is 5.97 Å². The molecule has 1 N–H and O–H groups in total. The predicted molar refractivity (Wildman–Crippen MR) is 65.8 cm³/mol. The van der Waals surface area contributed by atoms with Crippen LogP contribution in [0, 0.1) is 5.92 Å². The van der Waals surface area contributed by atoms with Crippen molar-refractivity contribution in [3.8, 4) is 0 Å². The van der Waals surface area contributed by atoms with Crippen molar-refractivity contribution in [3.05, 3.63) is 17.5 Å². The van der Waals surface area contributed by atoms with E-state index in [2.05, 4.69) is 18.9 Å². The zero-order chi connectivity index (χ0) is 12.1. The van der Waals surface area contributed by atoms with Gasteiger partial charge in [0.15, 0.2) is 0 Å². The first-order valence-electron chi connectivity index (χ1n) is 5.34. The summed E-state index contributed by atoms with van der Waals surface area (Å²) in [4.78, 5) is 10.9. The van der Waals surface area contributed by atoms with E-state index in [9.17, 15) is 4.79 Å². The fourth-order valence-corrected chi connectivity index (χ4v) is 2.62. The third-order valence-electron chi connectivity index (χ3n) is 2.37. The van der Waals surface area contributed by atoms with Gasteiger partial charge in [-0.15, -0.1) is 0 Å². The van der Waals surface area contributed by atoms with Crippen molar-refractivity contribution in [3.63, 3.8) is 0 Å². The van der Waals surface area contributed by atoms with Crippen molar-refractivity contribution in [2.75, 3.05) is 5.75 Å². The molecule has 0 amide bonds. The second-order valence-corrected chi connectivity index (χ2v) is 5.27. The average molecular weight is 242 g/mol. The van der Waals surface area contributed by atoms with E-state index < -0.39 is 5.97 Å². The molecule has 0 bridgehead atoms. The number of nitrogens with zero attached hydrogens (tertiary/aromatic N) is 2. The summed E-state index contributed by atoms with van der Waals surface area (Å²) in [7, 11) is 1.78. The second kappa shape index (κ2) is 5.94. The number of thioether (sulfide) groups is 1. The molecule has 1 heterocycles. The topological polar surface area (TPSA) is 55.1 Å². The minimum atomic E-state index is -0.896. The van der Waals surface area contributed by atoms with Gasteiger partial charge in [0.25, 0.3) is 0 Å². The van der Waals surface area contributed by atoms with Gasteiger partial charge in [-0.05, 0) is 18.1 Å². The Morgan fingerprint density at radius 2 is 2.31 bits per heavy atom. The molecule has 4 nitrogen and oxygen atoms in total. The maximum absolute atomic E-state index is 10.9. The van der Waals surface area contributed by atoms with E-state index in [4.69, 9.17) is 5.11 Å². The molecular formula is C11H18N2O2S. The number of hydrogen-bond acceptors (Lipinski definition) is 3. The molecule has 1 aromatic heterocycles. The van der Waals surface area contributed by atoms with Crippen molar-refractivity contribution in [2.24, 2.45) is 13.0 Å². The van der Waals surface area contributed by atoms with Gasteiger partial charge in [0, 0.05) is 12.8 Å². The van der Waals surface area contributed by atoms with Crippen LogP contribution in [0.1, 0.15) is 36.3 Å². The van der Waals surface area contributed by atoms with Crippen molar-refractivity contribution in [2.45, 2.75) is 26.0 Å². The summed E-state index contributed by atoms with van der Waals surface area (Å²) in [6, 6.07) is 0. The van der Waals surface area contributed by atoms with Crippen LogP contribution in [0.25, 0.3) is 0 Å². The number of carboxylic acid groups (broad SMARTS) is 1. The number of aryl methyl sites for hydroxylation is 1. The zero-order valence-electron chi connectivity index (χ0n) is 9.93. The minimum Gasteiger partial charge on any atom is -0.478 e. The Morgan fingerprint density at radius 1 is 1.62 bits per heavy atom. The average Bonchev–Trinajstić information content (AvgIpc) is 2.54. The largest absolute Gasteiger partial charge is 0.478 e. The van der Waals surface area contributed by atoms with E-state index in [-0.39, 0.29) is 0 Å². The molecule has 1 aromatic rings. The molecule has 0 saturated carbocycles. The maximum Gasteiger partial charge on any atom is 0.339 e. The molecule has 0 aromatic carbocycles. The molecule has 0 aliphatic heterocycles. The fourth-order valence-electron chi connectivity index (χ4n) is 1.30. The highest BCUT2D eigenvalue weighted by Crippen LogP contribution is 2.18. The van der Waals surface area contributed by atoms with E-state index >= 15 is 0 Å².